The van der Waals surface area contributed by atoms with Crippen LogP contribution in [0.5, 0.6) is 0 Å². The zero-order valence-corrected chi connectivity index (χ0v) is 12.8. The summed E-state index contributed by atoms with van der Waals surface area (Å²) in [4.78, 5) is 12.5. The minimum Gasteiger partial charge on any atom is -0.458 e. The Kier molecular flexibility index (Phi) is 4.33. The molecule has 0 unspecified atom stereocenters. The molecule has 0 aromatic heterocycles. The molecule has 0 bridgehead atoms. The van der Waals surface area contributed by atoms with Crippen LogP contribution in [0.25, 0.3) is 0 Å². The van der Waals surface area contributed by atoms with Crippen LogP contribution < -0.4 is 0 Å². The lowest BCUT2D eigenvalue weighted by atomic mass is 9.96. The fraction of sp³-hybridized carbons (Fsp3) is 0.263. The van der Waals surface area contributed by atoms with Crippen LogP contribution in [-0.2, 0) is 22.5 Å². The molecule has 0 saturated heterocycles. The van der Waals surface area contributed by atoms with Crippen molar-refractivity contribution in [2.75, 3.05) is 13.2 Å². The lowest BCUT2D eigenvalue weighted by Gasteiger charge is -2.17. The standard InChI is InChI=1S/C19H20NO2/c1-2-22-19(21)18-17-11-7-6-10-16(17)12-13-20(18)14-15-8-4-3-5-9-15/h3-11H,2,12-14H2,1H3/q+1. The van der Waals surface area contributed by atoms with Crippen molar-refractivity contribution in [1.82, 2.24) is 0 Å². The predicted octanol–water partition coefficient (Wildman–Crippen LogP) is 2.81. The second kappa shape index (κ2) is 6.56. The van der Waals surface area contributed by atoms with E-state index in [4.69, 9.17) is 4.74 Å². The Balaban J connectivity index is 2.03. The first kappa shape index (κ1) is 14.5. The number of rotatable bonds is 4. The molecule has 2 aromatic rings. The summed E-state index contributed by atoms with van der Waals surface area (Å²) in [5.41, 5.74) is 4.11. The quantitative estimate of drug-likeness (QED) is 0.641. The summed E-state index contributed by atoms with van der Waals surface area (Å²) < 4.78 is 7.42. The lowest BCUT2D eigenvalue weighted by molar-refractivity contribution is -0.544. The largest absolute Gasteiger partial charge is 0.458 e. The minimum absolute atomic E-state index is 0.231. The van der Waals surface area contributed by atoms with Gasteiger partial charge >= 0.3 is 5.97 Å². The molecule has 0 amide bonds. The van der Waals surface area contributed by atoms with Crippen molar-refractivity contribution in [1.29, 1.82) is 0 Å². The molecule has 1 aliphatic heterocycles. The molecule has 0 aliphatic carbocycles. The molecule has 0 spiro atoms. The summed E-state index contributed by atoms with van der Waals surface area (Å²) in [6.07, 6.45) is 0.950. The Labute approximate surface area is 130 Å². The number of fused-ring (bicyclic) bond motifs is 1. The van der Waals surface area contributed by atoms with Crippen molar-refractivity contribution in [2.24, 2.45) is 0 Å². The molecule has 0 fully saturated rings. The molecular weight excluding hydrogens is 274 g/mol. The van der Waals surface area contributed by atoms with Crippen molar-refractivity contribution in [3.63, 3.8) is 0 Å². The van der Waals surface area contributed by atoms with Crippen LogP contribution in [0.3, 0.4) is 0 Å². The molecule has 1 aliphatic rings. The smallest absolute Gasteiger partial charge is 0.403 e. The Bertz CT molecular complexity index is 704. The van der Waals surface area contributed by atoms with Gasteiger partial charge < -0.3 is 4.74 Å². The first-order valence-electron chi connectivity index (χ1n) is 7.71. The maximum absolute atomic E-state index is 12.5. The predicted molar refractivity (Wildman–Crippen MR) is 86.2 cm³/mol. The lowest BCUT2D eigenvalue weighted by Crippen LogP contribution is -2.36. The van der Waals surface area contributed by atoms with Gasteiger partial charge in [0.2, 0.25) is 0 Å². The number of hydrogen-bond donors (Lipinski definition) is 0. The van der Waals surface area contributed by atoms with Gasteiger partial charge in [-0.15, -0.1) is 0 Å². The van der Waals surface area contributed by atoms with Gasteiger partial charge in [0.25, 0.3) is 5.71 Å². The van der Waals surface area contributed by atoms with Crippen LogP contribution in [0.1, 0.15) is 23.6 Å². The average Bonchev–Trinajstić information content (AvgIpc) is 2.55. The third-order valence-corrected chi connectivity index (χ3v) is 3.92. The second-order valence-corrected chi connectivity index (χ2v) is 5.38. The van der Waals surface area contributed by atoms with E-state index >= 15 is 0 Å². The highest BCUT2D eigenvalue weighted by Crippen LogP contribution is 2.18. The van der Waals surface area contributed by atoms with Crippen LogP contribution in [0, 0.1) is 0 Å². The van der Waals surface area contributed by atoms with Gasteiger partial charge in [0.05, 0.1) is 12.2 Å². The summed E-state index contributed by atoms with van der Waals surface area (Å²) >= 11 is 0. The summed E-state index contributed by atoms with van der Waals surface area (Å²) in [5.74, 6) is -0.231. The van der Waals surface area contributed by atoms with E-state index in [2.05, 4.69) is 22.8 Å². The van der Waals surface area contributed by atoms with Gasteiger partial charge in [0.1, 0.15) is 6.54 Å². The fourth-order valence-electron chi connectivity index (χ4n) is 2.91. The van der Waals surface area contributed by atoms with Crippen molar-refractivity contribution >= 4 is 11.7 Å². The highest BCUT2D eigenvalue weighted by atomic mass is 16.5. The monoisotopic (exact) mass is 294 g/mol. The number of esters is 1. The molecule has 3 heteroatoms. The minimum atomic E-state index is -0.231. The van der Waals surface area contributed by atoms with Crippen molar-refractivity contribution in [2.45, 2.75) is 19.9 Å². The Morgan fingerprint density at radius 2 is 1.82 bits per heavy atom. The van der Waals surface area contributed by atoms with E-state index in [0.717, 1.165) is 25.1 Å². The van der Waals surface area contributed by atoms with Gasteiger partial charge in [-0.25, -0.2) is 9.37 Å². The normalized spacial score (nSPS) is 13.7. The van der Waals surface area contributed by atoms with Crippen LogP contribution in [0.2, 0.25) is 0 Å². The molecule has 2 aromatic carbocycles. The van der Waals surface area contributed by atoms with Crippen LogP contribution in [0.15, 0.2) is 54.6 Å². The number of ether oxygens (including phenoxy) is 1. The average molecular weight is 294 g/mol. The number of nitrogens with zero attached hydrogens (tertiary/aromatic N) is 1. The molecule has 0 atom stereocenters. The number of carbonyl (C=O) groups excluding carboxylic acids is 1. The number of carbonyl (C=O) groups is 1. The van der Waals surface area contributed by atoms with E-state index < -0.39 is 0 Å². The molecular formula is C19H20NO2+. The SMILES string of the molecule is CCOC(=O)C1=[N+](Cc2ccccc2)CCc2ccccc21. The van der Waals surface area contributed by atoms with E-state index in [0.29, 0.717) is 12.3 Å². The Morgan fingerprint density at radius 1 is 1.09 bits per heavy atom. The van der Waals surface area contributed by atoms with Gasteiger partial charge in [-0.3, -0.25) is 0 Å². The van der Waals surface area contributed by atoms with Gasteiger partial charge in [-0.1, -0.05) is 48.5 Å². The van der Waals surface area contributed by atoms with Crippen LogP contribution >= 0.6 is 0 Å². The highest BCUT2D eigenvalue weighted by molar-refractivity contribution is 6.41. The summed E-state index contributed by atoms with van der Waals surface area (Å²) in [6.45, 7) is 3.79. The third kappa shape index (κ3) is 2.93. The highest BCUT2D eigenvalue weighted by Gasteiger charge is 2.32. The zero-order valence-electron chi connectivity index (χ0n) is 12.8. The van der Waals surface area contributed by atoms with E-state index in [1.54, 1.807) is 0 Å². The van der Waals surface area contributed by atoms with Crippen LogP contribution in [-0.4, -0.2) is 29.4 Å². The summed E-state index contributed by atoms with van der Waals surface area (Å²) in [7, 11) is 0. The molecule has 0 radical (unpaired) electrons. The van der Waals surface area contributed by atoms with E-state index in [-0.39, 0.29) is 5.97 Å². The van der Waals surface area contributed by atoms with E-state index in [1.807, 2.05) is 43.3 Å². The molecule has 0 N–H and O–H groups in total. The van der Waals surface area contributed by atoms with Crippen molar-refractivity contribution in [3.8, 4) is 0 Å². The van der Waals surface area contributed by atoms with Crippen molar-refractivity contribution in [3.05, 3.63) is 71.3 Å². The van der Waals surface area contributed by atoms with E-state index in [9.17, 15) is 4.79 Å². The maximum Gasteiger partial charge on any atom is 0.403 e. The van der Waals surface area contributed by atoms with Gasteiger partial charge in [-0.05, 0) is 18.6 Å². The molecule has 0 saturated carbocycles. The first-order valence-corrected chi connectivity index (χ1v) is 7.71. The van der Waals surface area contributed by atoms with Gasteiger partial charge in [0.15, 0.2) is 6.54 Å². The summed E-state index contributed by atoms with van der Waals surface area (Å²) in [6, 6.07) is 18.3. The molecule has 3 nitrogen and oxygen atoms in total. The fourth-order valence-corrected chi connectivity index (χ4v) is 2.91. The Morgan fingerprint density at radius 3 is 2.59 bits per heavy atom. The zero-order chi connectivity index (χ0) is 15.4. The topological polar surface area (TPSA) is 29.3 Å². The number of hydrogen-bond acceptors (Lipinski definition) is 2. The second-order valence-electron chi connectivity index (χ2n) is 5.38. The molecule has 1 heterocycles. The third-order valence-electron chi connectivity index (χ3n) is 3.92. The van der Waals surface area contributed by atoms with Gasteiger partial charge in [0, 0.05) is 12.0 Å². The Hall–Kier alpha value is -2.42. The number of benzene rings is 2. The van der Waals surface area contributed by atoms with E-state index in [1.165, 1.54) is 11.1 Å². The summed E-state index contributed by atoms with van der Waals surface area (Å²) in [5, 5.41) is 0. The van der Waals surface area contributed by atoms with Crippen LogP contribution in [0.4, 0.5) is 0 Å². The molecule has 112 valence electrons. The maximum atomic E-state index is 12.5. The molecule has 22 heavy (non-hydrogen) atoms. The first-order chi connectivity index (χ1) is 10.8. The van der Waals surface area contributed by atoms with Gasteiger partial charge in [-0.2, -0.15) is 0 Å². The molecule has 3 rings (SSSR count). The van der Waals surface area contributed by atoms with Crippen molar-refractivity contribution < 1.29 is 14.1 Å².